The van der Waals surface area contributed by atoms with Crippen LogP contribution in [0, 0.1) is 0 Å². The van der Waals surface area contributed by atoms with E-state index in [0.29, 0.717) is 0 Å². The summed E-state index contributed by atoms with van der Waals surface area (Å²) in [6.45, 7) is 89.7. The molecule has 362 valence electrons. The fourth-order valence-corrected chi connectivity index (χ4v) is 83.1. The summed E-state index contributed by atoms with van der Waals surface area (Å²) in [5.74, 6) is 0. The number of benzene rings is 2. The molecule has 2 aromatic rings. The zero-order valence-corrected chi connectivity index (χ0v) is 61.0. The Morgan fingerprint density at radius 1 is 0.333 bits per heavy atom. The molecule has 2 aromatic carbocycles. The average Bonchev–Trinajstić information content (AvgIpc) is 2.89. The van der Waals surface area contributed by atoms with Crippen LogP contribution in [-0.2, 0) is 10.7 Å². The summed E-state index contributed by atoms with van der Waals surface area (Å²) in [7, 11) is -16.1. The van der Waals surface area contributed by atoms with Crippen LogP contribution in [0.15, 0.2) is 24.3 Å². The summed E-state index contributed by atoms with van der Waals surface area (Å²) in [5, 5.41) is 5.07. The molecule has 2 radical (unpaired) electrons. The summed E-state index contributed by atoms with van der Waals surface area (Å²) in [6, 6.07) is 11.7. The van der Waals surface area contributed by atoms with Crippen LogP contribution in [0.4, 0.5) is 0 Å². The summed E-state index contributed by atoms with van der Waals surface area (Å²) < 4.78 is 1.95. The molecule has 0 bridgehead atoms. The van der Waals surface area contributed by atoms with Gasteiger partial charge in [0.1, 0.15) is 0 Å². The second-order valence-corrected chi connectivity index (χ2v) is 91.1. The second kappa shape index (κ2) is 19.4. The van der Waals surface area contributed by atoms with E-state index in [9.17, 15) is 0 Å². The predicted molar refractivity (Wildman–Crippen MR) is 328 cm³/mol. The van der Waals surface area contributed by atoms with Gasteiger partial charge in [-0.3, -0.25) is 0 Å². The minimum atomic E-state index is -1.64. The molecule has 0 amide bonds. The van der Waals surface area contributed by atoms with E-state index in [1.807, 2.05) is 32.2 Å². The van der Waals surface area contributed by atoms with Gasteiger partial charge in [-0.2, -0.15) is 0 Å². The molecule has 2 rings (SSSR count). The summed E-state index contributed by atoms with van der Waals surface area (Å²) in [6.07, 6.45) is 0. The number of hydrogen-bond acceptors (Lipinski definition) is 0. The Morgan fingerprint density at radius 2 is 0.556 bits per heavy atom. The first-order valence-corrected chi connectivity index (χ1v) is 63.7. The van der Waals surface area contributed by atoms with Gasteiger partial charge in [0.05, 0.1) is 0 Å². The first kappa shape index (κ1) is 60.3. The second-order valence-electron chi connectivity index (χ2n) is 32.6. The van der Waals surface area contributed by atoms with Crippen molar-refractivity contribution in [2.45, 2.75) is 254 Å². The van der Waals surface area contributed by atoms with E-state index < -0.39 is 96.2 Å². The molecule has 0 nitrogen and oxygen atoms in total. The molecule has 0 fully saturated rings. The van der Waals surface area contributed by atoms with Crippen LogP contribution in [0.1, 0.15) is 85.5 Å². The van der Waals surface area contributed by atoms with Gasteiger partial charge in [-0.15, -0.1) is 0 Å². The third-order valence-electron chi connectivity index (χ3n) is 14.1. The molecule has 0 saturated heterocycles. The van der Waals surface area contributed by atoms with E-state index in [1.54, 1.807) is 11.1 Å². The van der Waals surface area contributed by atoms with Crippen molar-refractivity contribution in [1.82, 2.24) is 0 Å². The molecule has 0 heterocycles. The molecule has 0 aromatic heterocycles. The van der Waals surface area contributed by atoms with Crippen molar-refractivity contribution >= 4 is 101 Å². The van der Waals surface area contributed by atoms with Crippen LogP contribution < -0.4 is 4.40 Å². The molecule has 0 aliphatic carbocycles. The molecule has 0 aliphatic heterocycles. The van der Waals surface area contributed by atoms with E-state index in [2.05, 4.69) is 241 Å². The molecule has 0 unspecified atom stereocenters. The van der Waals surface area contributed by atoms with Crippen LogP contribution >= 0.6 is 0 Å². The zero-order valence-electron chi connectivity index (χ0n) is 48.9. The molecular formula is C52H110GeSi10. The standard InChI is InChI=1S/C52H110GeSi10/c1-52(2,3)40-36-43(50(60(22,23)24)61(25,26)27)46(44(37-40)51(62(28,29)30)63(31,32)33)53-38-45-41(48(56(10,11)12)57(13,14)15)34-39(47(54(4,5)6)55(7,8)9)35-42(45)49(58(16,17)18)59(19,20)21/h34-37,47-51H,38H2,1-33H3. The Labute approximate surface area is 413 Å². The molecule has 0 spiro atoms. The van der Waals surface area contributed by atoms with Crippen LogP contribution in [0.2, 0.25) is 196 Å². The van der Waals surface area contributed by atoms with Gasteiger partial charge in [0.15, 0.2) is 0 Å². The fraction of sp³-hybridized carbons (Fsp3) is 0.769. The fourth-order valence-electron chi connectivity index (χ4n) is 14.8. The van der Waals surface area contributed by atoms with E-state index in [0.717, 1.165) is 25.8 Å². The van der Waals surface area contributed by atoms with Gasteiger partial charge >= 0.3 is 417 Å². The number of hydrogen-bond donors (Lipinski definition) is 0. The van der Waals surface area contributed by atoms with Gasteiger partial charge in [-0.05, 0) is 0 Å². The van der Waals surface area contributed by atoms with Gasteiger partial charge in [0.25, 0.3) is 0 Å². The zero-order chi connectivity index (χ0) is 50.2. The van der Waals surface area contributed by atoms with Crippen molar-refractivity contribution in [2.75, 3.05) is 0 Å². The normalized spacial score (nSPS) is 15.3. The summed E-state index contributed by atoms with van der Waals surface area (Å²) in [4.78, 5) is 0. The quantitative estimate of drug-likeness (QED) is 0.131. The van der Waals surface area contributed by atoms with Crippen molar-refractivity contribution in [1.29, 1.82) is 0 Å². The van der Waals surface area contributed by atoms with Crippen LogP contribution in [0.5, 0.6) is 0 Å². The van der Waals surface area contributed by atoms with Crippen LogP contribution in [0.3, 0.4) is 0 Å². The topological polar surface area (TPSA) is 0 Å². The van der Waals surface area contributed by atoms with Gasteiger partial charge in [0.2, 0.25) is 0 Å². The molecular weight excluding hydrogens is 978 g/mol. The van der Waals surface area contributed by atoms with Crippen LogP contribution in [0.25, 0.3) is 0 Å². The van der Waals surface area contributed by atoms with E-state index in [-0.39, 0.29) is 5.41 Å². The van der Waals surface area contributed by atoms with Gasteiger partial charge < -0.3 is 0 Å². The molecule has 0 aliphatic rings. The molecule has 63 heavy (non-hydrogen) atoms. The Balaban J connectivity index is 3.65. The van der Waals surface area contributed by atoms with Gasteiger partial charge in [-0.1, -0.05) is 0 Å². The SMILES string of the molecule is CC(C)(C)c1cc(C([Si](C)(C)C)[Si](C)(C)C)[c]([Ge][CH2]c2c(C([Si](C)(C)C)[Si](C)(C)C)cc(C([Si](C)(C)C)[Si](C)(C)C)cc2C([Si](C)(C)C)[Si](C)(C)C)c(C([Si](C)(C)C)[Si](C)(C)C)c1. The first-order valence-electron chi connectivity index (χ1n) is 25.3. The Hall–Kier alpha value is 1.15. The van der Waals surface area contributed by atoms with Crippen molar-refractivity contribution < 1.29 is 0 Å². The van der Waals surface area contributed by atoms with Gasteiger partial charge in [-0.25, -0.2) is 0 Å². The van der Waals surface area contributed by atoms with E-state index in [4.69, 9.17) is 0 Å². The average molecular weight is 1090 g/mol. The summed E-state index contributed by atoms with van der Waals surface area (Å²) in [5.41, 5.74) is 13.0. The van der Waals surface area contributed by atoms with Crippen molar-refractivity contribution in [3.8, 4) is 0 Å². The molecule has 0 N–H and O–H groups in total. The molecule has 11 heteroatoms. The van der Waals surface area contributed by atoms with Crippen molar-refractivity contribution in [3.05, 3.63) is 63.2 Å². The first-order chi connectivity index (χ1) is 27.3. The van der Waals surface area contributed by atoms with E-state index >= 15 is 0 Å². The maximum absolute atomic E-state index is 2.99. The van der Waals surface area contributed by atoms with Crippen molar-refractivity contribution in [3.63, 3.8) is 0 Å². The maximum atomic E-state index is 2.99. The Kier molecular flexibility index (Phi) is 18.6. The monoisotopic (exact) mass is 1090 g/mol. The minimum absolute atomic E-state index is 0.123. The third-order valence-corrected chi connectivity index (χ3v) is 63.6. The van der Waals surface area contributed by atoms with Crippen LogP contribution in [-0.4, -0.2) is 96.2 Å². The summed E-state index contributed by atoms with van der Waals surface area (Å²) >= 11 is -0.551. The Morgan fingerprint density at radius 3 is 0.762 bits per heavy atom. The number of rotatable bonds is 18. The van der Waals surface area contributed by atoms with Gasteiger partial charge in [0, 0.05) is 0 Å². The van der Waals surface area contributed by atoms with Crippen molar-refractivity contribution in [2.24, 2.45) is 0 Å². The molecule has 0 saturated carbocycles. The Bertz CT molecular complexity index is 1700. The molecule has 0 atom stereocenters. The van der Waals surface area contributed by atoms with E-state index in [1.165, 1.54) is 5.25 Å². The third kappa shape index (κ3) is 15.3. The predicted octanol–water partition coefficient (Wildman–Crippen LogP) is 17.7.